The van der Waals surface area contributed by atoms with Crippen LogP contribution in [-0.4, -0.2) is 60.9 Å². The summed E-state index contributed by atoms with van der Waals surface area (Å²) in [5.74, 6) is 4.81. The summed E-state index contributed by atoms with van der Waals surface area (Å²) in [7, 11) is -5.67. The Morgan fingerprint density at radius 3 is 1.34 bits per heavy atom. The van der Waals surface area contributed by atoms with Crippen molar-refractivity contribution in [2.75, 3.05) is 0 Å². The van der Waals surface area contributed by atoms with Crippen LogP contribution in [0, 0.1) is 85.8 Å². The molecule has 0 unspecified atom stereocenters. The molecular weight excluding hydrogens is 1850 g/mol. The fraction of sp³-hybridized carbons (Fsp3) is 0.725. The van der Waals surface area contributed by atoms with Crippen LogP contribution in [-0.2, 0) is 47.7 Å². The van der Waals surface area contributed by atoms with Gasteiger partial charge in [0, 0.05) is 107 Å². The van der Waals surface area contributed by atoms with E-state index < -0.39 is 21.0 Å². The van der Waals surface area contributed by atoms with Gasteiger partial charge in [-0.05, 0) is 214 Å². The number of halogens is 9. The number of hydrogen-bond acceptors (Lipinski definition) is 11. The molecule has 0 spiro atoms. The molecule has 1 heterocycles. The van der Waals surface area contributed by atoms with Gasteiger partial charge < -0.3 is 18.4 Å². The van der Waals surface area contributed by atoms with Crippen LogP contribution in [0.25, 0.3) is 5.57 Å². The van der Waals surface area contributed by atoms with Gasteiger partial charge in [-0.25, -0.2) is 0 Å². The average molecular weight is 1950 g/mol. The quantitative estimate of drug-likeness (QED) is 0.0668. The normalized spacial score (nSPS) is 39.9. The molecule has 7 saturated carbocycles. The molecular formula is C69H93F3I6NO10S-. The van der Waals surface area contributed by atoms with Crippen LogP contribution in [0.2, 0.25) is 0 Å². The maximum atomic E-state index is 12.9. The van der Waals surface area contributed by atoms with Crippen LogP contribution in [0.1, 0.15) is 209 Å². The number of rotatable bonds is 6. The van der Waals surface area contributed by atoms with Crippen LogP contribution in [0.4, 0.5) is 13.2 Å². The van der Waals surface area contributed by atoms with E-state index in [0.717, 1.165) is 114 Å². The SMILES string of the molecule is CC(=O)O[C@H]1CC[C@@]2(C)C(=CC[C@@H]3[C@@H]2CC[C@]2(C)C(=O)CC[C@@H]32)C1.CC(=O)O[C@H]1CC[C@@]2(C)C(=CC[C@@H]3[C@@H]2CC[C@]2(C)C(OS(=O)(=O)C(F)(F)F)=CC[C@@H]32)C1.CC(=O)O[C@H]1CC[C@@]2(C)C(=CC[C@@H]3[C@@H]2CC[C@]2(C)C(c4cccnc4)=CC[C@@H]32)C1.I.II.I[I-]I. The van der Waals surface area contributed by atoms with Crippen LogP contribution < -0.4 is 13.3 Å². The van der Waals surface area contributed by atoms with E-state index in [1.807, 2.05) is 19.3 Å². The van der Waals surface area contributed by atoms with Crippen LogP contribution in [0.5, 0.6) is 0 Å². The monoisotopic (exact) mass is 1950 g/mol. The molecule has 18 atom stereocenters. The summed E-state index contributed by atoms with van der Waals surface area (Å²) in [5, 5.41) is 0. The molecule has 1 aromatic heterocycles. The predicted molar refractivity (Wildman–Crippen MR) is 385 cm³/mol. The summed E-state index contributed by atoms with van der Waals surface area (Å²) >= 11 is 9.54. The molecule has 7 fully saturated rings. The average Bonchev–Trinajstić information content (AvgIpc) is 1.32. The summed E-state index contributed by atoms with van der Waals surface area (Å²) in [5.41, 5.74) is 1.87. The van der Waals surface area contributed by atoms with E-state index in [0.29, 0.717) is 55.6 Å². The third-order valence-electron chi connectivity index (χ3n) is 25.4. The number of aromatic nitrogens is 1. The van der Waals surface area contributed by atoms with Gasteiger partial charge in [-0.2, -0.15) is 21.6 Å². The molecule has 0 radical (unpaired) electrons. The molecule has 12 aliphatic rings. The summed E-state index contributed by atoms with van der Waals surface area (Å²) in [4.78, 5) is 50.9. The van der Waals surface area contributed by atoms with E-state index >= 15 is 0 Å². The summed E-state index contributed by atoms with van der Waals surface area (Å²) < 4.78 is 83.0. The Labute approximate surface area is 604 Å². The van der Waals surface area contributed by atoms with E-state index in [-0.39, 0.29) is 105 Å². The van der Waals surface area contributed by atoms with Gasteiger partial charge in [0.2, 0.25) is 0 Å². The number of fused-ring (bicyclic) bond motifs is 15. The number of pyridine rings is 1. The number of carbonyl (C=O) groups is 4. The second-order valence-corrected chi connectivity index (χ2v) is 47.3. The number of carbonyl (C=O) groups excluding carboxylic acids is 4. The molecule has 0 aromatic carbocycles. The Balaban J connectivity index is 0.000000168. The minimum absolute atomic E-state index is 0. The first-order valence-electron chi connectivity index (χ1n) is 32.4. The number of alkyl halides is 3. The van der Waals surface area contributed by atoms with Crippen molar-refractivity contribution in [3.8, 4) is 0 Å². The van der Waals surface area contributed by atoms with Crippen molar-refractivity contribution >= 4 is 138 Å². The van der Waals surface area contributed by atoms with E-state index in [1.54, 1.807) is 11.6 Å². The van der Waals surface area contributed by atoms with Gasteiger partial charge in [-0.15, -0.1) is 24.0 Å². The predicted octanol–water partition coefficient (Wildman–Crippen LogP) is 16.8. The number of nitrogens with zero attached hydrogens (tertiary/aromatic N) is 1. The van der Waals surface area contributed by atoms with E-state index in [9.17, 15) is 40.8 Å². The Morgan fingerprint density at radius 2 is 0.933 bits per heavy atom. The van der Waals surface area contributed by atoms with E-state index in [2.05, 4.69) is 155 Å². The summed E-state index contributed by atoms with van der Waals surface area (Å²) in [6.07, 6.45) is 36.8. The first kappa shape index (κ1) is 75.6. The van der Waals surface area contributed by atoms with Crippen molar-refractivity contribution in [1.82, 2.24) is 4.98 Å². The maximum absolute atomic E-state index is 12.9. The molecule has 11 nitrogen and oxygen atoms in total. The van der Waals surface area contributed by atoms with E-state index in [4.69, 9.17) is 14.2 Å². The minimum atomic E-state index is -5.67. The fourth-order valence-electron chi connectivity index (χ4n) is 21.0. The molecule has 0 bridgehead atoms. The third kappa shape index (κ3) is 14.8. The van der Waals surface area contributed by atoms with Crippen LogP contribution in [0.3, 0.4) is 0 Å². The molecule has 0 saturated heterocycles. The first-order valence-corrected chi connectivity index (χ1v) is 52.7. The molecule has 21 heteroatoms. The van der Waals surface area contributed by atoms with Gasteiger partial charge in [-0.3, -0.25) is 24.2 Å². The van der Waals surface area contributed by atoms with Crippen LogP contribution >= 0.6 is 98.4 Å². The Hall–Kier alpha value is -0.150. The van der Waals surface area contributed by atoms with Crippen molar-refractivity contribution in [3.05, 3.63) is 82.9 Å². The van der Waals surface area contributed by atoms with Crippen molar-refractivity contribution in [3.63, 3.8) is 0 Å². The van der Waals surface area contributed by atoms with Crippen molar-refractivity contribution in [2.24, 2.45) is 85.8 Å². The fourth-order valence-corrected chi connectivity index (χ4v) is 21.6. The molecule has 90 heavy (non-hydrogen) atoms. The second kappa shape index (κ2) is 30.1. The zero-order valence-electron chi connectivity index (χ0n) is 53.6. The topological polar surface area (TPSA) is 152 Å². The van der Waals surface area contributed by atoms with Gasteiger partial charge in [0.1, 0.15) is 29.9 Å². The second-order valence-electron chi connectivity index (χ2n) is 29.5. The molecule has 0 aliphatic heterocycles. The summed E-state index contributed by atoms with van der Waals surface area (Å²) in [6.45, 7) is 18.3. The standard InChI is InChI=1S/C26H33NO2.C22H29F3O5S.C21H30O3.I3.I2.HI/c1-17(28)29-20-10-12-25(2)19(15-20)6-7-21-23-9-8-22(18-5-4-14-27-16-18)26(23,3)13-11-24(21)25;1-13(26)29-15-8-10-20(2)14(12-15)4-5-16-17-6-7-19(21(17,3)11-9-18(16)20)30-31(27,28)22(23,24)25;1-13(22)24-15-8-10-20(2)14(12-15)4-5-16-17-6-7-19(23)21(17,3)11-9-18(16)20;1-3-2;1-2;/h4-6,8,14,16,20-21,23-24H,7,9-13,15H2,1-3H3;4,7,15-18H,5-6,8-12H2,1-3H3;4,15-18H,5-12H2,1-3H3;;;1H/q;;;-1;;/t20-,21-,23-,24-,25-,26+;2*15-,16-,17-,18-,20-,21-;;;/m000.../s1. The zero-order valence-corrected chi connectivity index (χ0v) is 67.5. The number of esters is 3. The number of ketones is 1. The third-order valence-corrected chi connectivity index (χ3v) is 26.4. The number of Topliss-reactive ketones (excluding diaryl/α,β-unsaturated/α-hetero) is 1. The zero-order chi connectivity index (χ0) is 64.9. The Bertz CT molecular complexity index is 3110. The molecule has 504 valence electrons. The Kier molecular flexibility index (Phi) is 25.3. The molecule has 0 amide bonds. The van der Waals surface area contributed by atoms with Gasteiger partial charge in [0.25, 0.3) is 0 Å². The number of ether oxygens (including phenoxy) is 3. The number of hydrogen-bond donors (Lipinski definition) is 0. The van der Waals surface area contributed by atoms with Gasteiger partial charge in [-0.1, -0.05) is 88.6 Å². The van der Waals surface area contributed by atoms with Gasteiger partial charge in [0.15, 0.2) is 0 Å². The Morgan fingerprint density at radius 1 is 0.556 bits per heavy atom. The molecule has 12 aliphatic carbocycles. The summed E-state index contributed by atoms with van der Waals surface area (Å²) in [6, 6.07) is 4.30. The molecule has 13 rings (SSSR count). The first-order chi connectivity index (χ1) is 42.0. The molecule has 0 N–H and O–H groups in total. The van der Waals surface area contributed by atoms with Crippen LogP contribution in [0.15, 0.2) is 77.4 Å². The van der Waals surface area contributed by atoms with Crippen molar-refractivity contribution in [1.29, 1.82) is 0 Å². The van der Waals surface area contributed by atoms with E-state index in [1.165, 1.54) is 75.2 Å². The molecule has 1 aromatic rings. The van der Waals surface area contributed by atoms with Crippen molar-refractivity contribution < 1.29 is 72.4 Å². The van der Waals surface area contributed by atoms with Gasteiger partial charge in [0.05, 0.1) is 0 Å². The van der Waals surface area contributed by atoms with Crippen molar-refractivity contribution in [2.45, 2.75) is 227 Å². The number of allylic oxidation sites excluding steroid dienone is 7. The van der Waals surface area contributed by atoms with Gasteiger partial charge >= 0.3 is 84.0 Å².